The van der Waals surface area contributed by atoms with Crippen molar-refractivity contribution in [3.63, 3.8) is 0 Å². The third-order valence-corrected chi connectivity index (χ3v) is 2.63. The highest BCUT2D eigenvalue weighted by Crippen LogP contribution is 2.08. The Bertz CT molecular complexity index is 675. The molecule has 21 heavy (non-hydrogen) atoms. The van der Waals surface area contributed by atoms with Gasteiger partial charge in [0.1, 0.15) is 0 Å². The Morgan fingerprint density at radius 1 is 1.10 bits per heavy atom. The molecular weight excluding hydrogens is 268 g/mol. The van der Waals surface area contributed by atoms with Crippen LogP contribution < -0.4 is 10.6 Å². The summed E-state index contributed by atoms with van der Waals surface area (Å²) in [7, 11) is 0. The Kier molecular flexibility index (Phi) is 4.62. The molecule has 104 valence electrons. The van der Waals surface area contributed by atoms with Gasteiger partial charge in [0.15, 0.2) is 0 Å². The smallest absolute Gasteiger partial charge is 0.313 e. The number of pyridine rings is 1. The Morgan fingerprint density at radius 2 is 1.86 bits per heavy atom. The molecule has 2 amide bonds. The Morgan fingerprint density at radius 3 is 2.48 bits per heavy atom. The lowest BCUT2D eigenvalue weighted by Crippen LogP contribution is -2.35. The standard InChI is InChI=1S/C15H12N4O2/c16-9-11-4-6-12(7-5-11)19-15(21)14(20)18-10-13-3-1-2-8-17-13/h1-8H,10H2,(H,18,20)(H,19,21). The minimum absolute atomic E-state index is 0.181. The zero-order valence-electron chi connectivity index (χ0n) is 11.0. The van der Waals surface area contributed by atoms with Crippen molar-refractivity contribution in [2.45, 2.75) is 6.54 Å². The van der Waals surface area contributed by atoms with Crippen LogP contribution >= 0.6 is 0 Å². The fraction of sp³-hybridized carbons (Fsp3) is 0.0667. The predicted molar refractivity (Wildman–Crippen MR) is 75.9 cm³/mol. The second-order valence-corrected chi connectivity index (χ2v) is 4.15. The van der Waals surface area contributed by atoms with Crippen LogP contribution in [0.5, 0.6) is 0 Å². The first-order valence-electron chi connectivity index (χ1n) is 6.18. The minimum Gasteiger partial charge on any atom is -0.342 e. The van der Waals surface area contributed by atoms with Gasteiger partial charge in [-0.2, -0.15) is 5.26 Å². The van der Waals surface area contributed by atoms with E-state index in [1.54, 1.807) is 48.7 Å². The van der Waals surface area contributed by atoms with Gasteiger partial charge in [-0.05, 0) is 36.4 Å². The molecule has 0 atom stereocenters. The number of aromatic nitrogens is 1. The van der Waals surface area contributed by atoms with Crippen LogP contribution in [0.2, 0.25) is 0 Å². The number of rotatable bonds is 3. The van der Waals surface area contributed by atoms with Crippen molar-refractivity contribution < 1.29 is 9.59 Å². The van der Waals surface area contributed by atoms with Gasteiger partial charge in [-0.3, -0.25) is 14.6 Å². The van der Waals surface area contributed by atoms with E-state index in [1.165, 1.54) is 0 Å². The van der Waals surface area contributed by atoms with Crippen molar-refractivity contribution >= 4 is 17.5 Å². The van der Waals surface area contributed by atoms with E-state index in [9.17, 15) is 9.59 Å². The molecule has 0 saturated heterocycles. The molecule has 1 heterocycles. The second kappa shape index (κ2) is 6.82. The molecule has 0 spiro atoms. The molecule has 2 N–H and O–H groups in total. The quantitative estimate of drug-likeness (QED) is 0.826. The van der Waals surface area contributed by atoms with E-state index in [1.807, 2.05) is 6.07 Å². The van der Waals surface area contributed by atoms with E-state index in [2.05, 4.69) is 15.6 Å². The van der Waals surface area contributed by atoms with Gasteiger partial charge in [-0.1, -0.05) is 6.07 Å². The topological polar surface area (TPSA) is 94.9 Å². The van der Waals surface area contributed by atoms with Crippen LogP contribution in [0, 0.1) is 11.3 Å². The molecular formula is C15H12N4O2. The number of benzene rings is 1. The van der Waals surface area contributed by atoms with Crippen LogP contribution in [0.15, 0.2) is 48.7 Å². The van der Waals surface area contributed by atoms with E-state index < -0.39 is 11.8 Å². The fourth-order valence-electron chi connectivity index (χ4n) is 1.57. The lowest BCUT2D eigenvalue weighted by atomic mass is 10.2. The van der Waals surface area contributed by atoms with Crippen LogP contribution in [0.25, 0.3) is 0 Å². The van der Waals surface area contributed by atoms with E-state index in [0.29, 0.717) is 16.9 Å². The van der Waals surface area contributed by atoms with Crippen LogP contribution in [-0.2, 0) is 16.1 Å². The molecule has 6 heteroatoms. The number of carbonyl (C=O) groups is 2. The van der Waals surface area contributed by atoms with Crippen molar-refractivity contribution in [3.05, 3.63) is 59.9 Å². The molecule has 0 aliphatic rings. The van der Waals surface area contributed by atoms with Gasteiger partial charge in [0, 0.05) is 11.9 Å². The van der Waals surface area contributed by atoms with Crippen molar-refractivity contribution in [1.82, 2.24) is 10.3 Å². The normalized spacial score (nSPS) is 9.48. The molecule has 6 nitrogen and oxygen atoms in total. The number of hydrogen-bond acceptors (Lipinski definition) is 4. The van der Waals surface area contributed by atoms with Gasteiger partial charge >= 0.3 is 11.8 Å². The monoisotopic (exact) mass is 280 g/mol. The average molecular weight is 280 g/mol. The molecule has 0 fully saturated rings. The van der Waals surface area contributed by atoms with Gasteiger partial charge in [0.05, 0.1) is 23.9 Å². The summed E-state index contributed by atoms with van der Waals surface area (Å²) in [5.41, 5.74) is 1.59. The summed E-state index contributed by atoms with van der Waals surface area (Å²) < 4.78 is 0. The number of hydrogen-bond donors (Lipinski definition) is 2. The summed E-state index contributed by atoms with van der Waals surface area (Å²) in [5, 5.41) is 13.6. The zero-order chi connectivity index (χ0) is 15.1. The van der Waals surface area contributed by atoms with Gasteiger partial charge < -0.3 is 10.6 Å². The van der Waals surface area contributed by atoms with Crippen molar-refractivity contribution in [3.8, 4) is 6.07 Å². The summed E-state index contributed by atoms with van der Waals surface area (Å²) in [4.78, 5) is 27.4. The summed E-state index contributed by atoms with van der Waals surface area (Å²) in [6.07, 6.45) is 1.61. The van der Waals surface area contributed by atoms with Crippen molar-refractivity contribution in [1.29, 1.82) is 5.26 Å². The first-order chi connectivity index (χ1) is 10.2. The highest BCUT2D eigenvalue weighted by Gasteiger charge is 2.13. The van der Waals surface area contributed by atoms with Crippen molar-refractivity contribution in [2.24, 2.45) is 0 Å². The maximum Gasteiger partial charge on any atom is 0.313 e. The molecule has 0 aliphatic heterocycles. The summed E-state index contributed by atoms with van der Waals surface area (Å²) in [6, 6.07) is 13.5. The highest BCUT2D eigenvalue weighted by atomic mass is 16.2. The highest BCUT2D eigenvalue weighted by molar-refractivity contribution is 6.39. The molecule has 2 rings (SSSR count). The minimum atomic E-state index is -0.768. The van der Waals surface area contributed by atoms with Crippen LogP contribution in [-0.4, -0.2) is 16.8 Å². The van der Waals surface area contributed by atoms with Gasteiger partial charge in [-0.25, -0.2) is 0 Å². The Hall–Kier alpha value is -3.20. The summed E-state index contributed by atoms with van der Waals surface area (Å²) in [6.45, 7) is 0.181. The predicted octanol–water partition coefficient (Wildman–Crippen LogP) is 1.21. The third kappa shape index (κ3) is 4.14. The number of nitrogens with zero attached hydrogens (tertiary/aromatic N) is 2. The number of carbonyl (C=O) groups excluding carboxylic acids is 2. The van der Waals surface area contributed by atoms with E-state index >= 15 is 0 Å². The van der Waals surface area contributed by atoms with E-state index in [-0.39, 0.29) is 6.54 Å². The van der Waals surface area contributed by atoms with Crippen LogP contribution in [0.3, 0.4) is 0 Å². The summed E-state index contributed by atoms with van der Waals surface area (Å²) in [5.74, 6) is -1.51. The number of nitriles is 1. The van der Waals surface area contributed by atoms with Gasteiger partial charge in [0.25, 0.3) is 0 Å². The van der Waals surface area contributed by atoms with Gasteiger partial charge in [-0.15, -0.1) is 0 Å². The molecule has 0 aliphatic carbocycles. The zero-order valence-corrected chi connectivity index (χ0v) is 11.0. The van der Waals surface area contributed by atoms with Crippen LogP contribution in [0.1, 0.15) is 11.3 Å². The number of nitrogens with one attached hydrogen (secondary N) is 2. The molecule has 0 saturated carbocycles. The first kappa shape index (κ1) is 14.2. The lowest BCUT2D eigenvalue weighted by molar-refractivity contribution is -0.136. The number of anilines is 1. The maximum absolute atomic E-state index is 11.7. The fourth-order valence-corrected chi connectivity index (χ4v) is 1.57. The SMILES string of the molecule is N#Cc1ccc(NC(=O)C(=O)NCc2ccccn2)cc1. The van der Waals surface area contributed by atoms with E-state index in [0.717, 1.165) is 0 Å². The maximum atomic E-state index is 11.7. The molecule has 0 radical (unpaired) electrons. The molecule has 1 aromatic carbocycles. The number of amides is 2. The molecule has 2 aromatic rings. The molecule has 0 bridgehead atoms. The average Bonchev–Trinajstić information content (AvgIpc) is 2.54. The molecule has 0 unspecified atom stereocenters. The van der Waals surface area contributed by atoms with Crippen LogP contribution in [0.4, 0.5) is 5.69 Å². The summed E-state index contributed by atoms with van der Waals surface area (Å²) >= 11 is 0. The Labute approximate surface area is 121 Å². The van der Waals surface area contributed by atoms with Crippen molar-refractivity contribution in [2.75, 3.05) is 5.32 Å². The Balaban J connectivity index is 1.87. The largest absolute Gasteiger partial charge is 0.342 e. The second-order valence-electron chi connectivity index (χ2n) is 4.15. The molecule has 1 aromatic heterocycles. The van der Waals surface area contributed by atoms with Gasteiger partial charge in [0.2, 0.25) is 0 Å². The lowest BCUT2D eigenvalue weighted by Gasteiger charge is -2.06. The third-order valence-electron chi connectivity index (χ3n) is 2.63. The first-order valence-corrected chi connectivity index (χ1v) is 6.18. The van der Waals surface area contributed by atoms with E-state index in [4.69, 9.17) is 5.26 Å².